The maximum atomic E-state index is 11.0. The van der Waals surface area contributed by atoms with E-state index in [1.807, 2.05) is 18.7 Å². The van der Waals surface area contributed by atoms with E-state index in [4.69, 9.17) is 16.7 Å². The number of hydrogen-bond acceptors (Lipinski definition) is 4. The van der Waals surface area contributed by atoms with E-state index in [9.17, 15) is 10.1 Å². The van der Waals surface area contributed by atoms with Gasteiger partial charge in [0.2, 0.25) is 0 Å². The van der Waals surface area contributed by atoms with E-state index in [1.165, 1.54) is 6.07 Å². The lowest BCUT2D eigenvalue weighted by Gasteiger charge is -2.28. The Morgan fingerprint density at radius 1 is 1.50 bits per heavy atom. The first-order valence-electron chi connectivity index (χ1n) is 5.78. The van der Waals surface area contributed by atoms with Crippen LogP contribution >= 0.6 is 11.6 Å². The van der Waals surface area contributed by atoms with E-state index < -0.39 is 4.92 Å². The molecular formula is C12H17ClN2O3. The zero-order chi connectivity index (χ0) is 13.7. The fourth-order valence-corrected chi connectivity index (χ4v) is 1.95. The van der Waals surface area contributed by atoms with Crippen molar-refractivity contribution in [3.8, 4) is 0 Å². The van der Waals surface area contributed by atoms with Crippen molar-refractivity contribution in [2.24, 2.45) is 0 Å². The highest BCUT2D eigenvalue weighted by Crippen LogP contribution is 2.32. The average molecular weight is 273 g/mol. The molecule has 0 aliphatic rings. The van der Waals surface area contributed by atoms with E-state index in [0.717, 1.165) is 0 Å². The predicted molar refractivity (Wildman–Crippen MR) is 72.3 cm³/mol. The number of hydrogen-bond donors (Lipinski definition) is 1. The van der Waals surface area contributed by atoms with Gasteiger partial charge in [0.25, 0.3) is 5.69 Å². The van der Waals surface area contributed by atoms with E-state index in [2.05, 4.69) is 0 Å². The molecule has 0 aliphatic heterocycles. The molecule has 0 atom stereocenters. The van der Waals surface area contributed by atoms with Crippen LogP contribution in [0.2, 0.25) is 5.02 Å². The SMILES string of the molecule is CC(C)N(CCCO)c1ccc(Cl)cc1[N+](=O)[O-]. The first kappa shape index (κ1) is 14.7. The molecule has 100 valence electrons. The van der Waals surface area contributed by atoms with Gasteiger partial charge in [-0.1, -0.05) is 11.6 Å². The van der Waals surface area contributed by atoms with Crippen LogP contribution in [0.25, 0.3) is 0 Å². The molecule has 0 fully saturated rings. The van der Waals surface area contributed by atoms with Crippen molar-refractivity contribution in [2.45, 2.75) is 26.3 Å². The molecule has 0 unspecified atom stereocenters. The van der Waals surface area contributed by atoms with E-state index in [-0.39, 0.29) is 18.3 Å². The van der Waals surface area contributed by atoms with Gasteiger partial charge < -0.3 is 10.0 Å². The first-order valence-corrected chi connectivity index (χ1v) is 6.16. The van der Waals surface area contributed by atoms with Gasteiger partial charge in [-0.15, -0.1) is 0 Å². The van der Waals surface area contributed by atoms with Gasteiger partial charge in [-0.3, -0.25) is 10.1 Å². The minimum Gasteiger partial charge on any atom is -0.396 e. The lowest BCUT2D eigenvalue weighted by atomic mass is 10.2. The largest absolute Gasteiger partial charge is 0.396 e. The summed E-state index contributed by atoms with van der Waals surface area (Å²) in [4.78, 5) is 12.5. The number of nitro benzene ring substituents is 1. The summed E-state index contributed by atoms with van der Waals surface area (Å²) >= 11 is 5.79. The Balaban J connectivity index is 3.14. The number of halogens is 1. The van der Waals surface area contributed by atoms with Crippen LogP contribution in [0.5, 0.6) is 0 Å². The van der Waals surface area contributed by atoms with Crippen LogP contribution in [-0.4, -0.2) is 29.2 Å². The third-order valence-corrected chi connectivity index (χ3v) is 2.86. The smallest absolute Gasteiger partial charge is 0.294 e. The van der Waals surface area contributed by atoms with E-state index in [1.54, 1.807) is 12.1 Å². The fraction of sp³-hybridized carbons (Fsp3) is 0.500. The second-order valence-electron chi connectivity index (χ2n) is 4.25. The molecule has 1 rings (SSSR count). The molecule has 0 aliphatic carbocycles. The Labute approximate surface area is 111 Å². The molecule has 0 spiro atoms. The van der Waals surface area contributed by atoms with Gasteiger partial charge in [0.15, 0.2) is 0 Å². The van der Waals surface area contributed by atoms with Crippen molar-refractivity contribution < 1.29 is 10.0 Å². The number of rotatable bonds is 6. The first-order chi connectivity index (χ1) is 8.47. The highest BCUT2D eigenvalue weighted by Gasteiger charge is 2.21. The van der Waals surface area contributed by atoms with Crippen molar-refractivity contribution in [2.75, 3.05) is 18.1 Å². The van der Waals surface area contributed by atoms with Gasteiger partial charge >= 0.3 is 0 Å². The maximum Gasteiger partial charge on any atom is 0.294 e. The predicted octanol–water partition coefficient (Wildman–Crippen LogP) is 2.85. The van der Waals surface area contributed by atoms with Crippen LogP contribution in [-0.2, 0) is 0 Å². The number of aliphatic hydroxyl groups is 1. The van der Waals surface area contributed by atoms with Crippen LogP contribution in [0, 0.1) is 10.1 Å². The highest BCUT2D eigenvalue weighted by atomic mass is 35.5. The number of nitro groups is 1. The molecule has 0 heterocycles. The monoisotopic (exact) mass is 272 g/mol. The van der Waals surface area contributed by atoms with Crippen LogP contribution in [0.1, 0.15) is 20.3 Å². The van der Waals surface area contributed by atoms with Gasteiger partial charge in [0.1, 0.15) is 5.69 Å². The molecule has 0 bridgehead atoms. The molecule has 0 aromatic heterocycles. The van der Waals surface area contributed by atoms with Crippen molar-refractivity contribution in [1.29, 1.82) is 0 Å². The minimum atomic E-state index is -0.435. The van der Waals surface area contributed by atoms with Crippen LogP contribution in [0.4, 0.5) is 11.4 Å². The Kier molecular flexibility index (Phi) is 5.37. The molecule has 1 aromatic carbocycles. The molecule has 0 saturated heterocycles. The number of anilines is 1. The molecule has 0 amide bonds. The van der Waals surface area contributed by atoms with Gasteiger partial charge in [-0.2, -0.15) is 0 Å². The Morgan fingerprint density at radius 2 is 2.17 bits per heavy atom. The van der Waals surface area contributed by atoms with Gasteiger partial charge in [-0.05, 0) is 32.4 Å². The van der Waals surface area contributed by atoms with Crippen LogP contribution in [0.3, 0.4) is 0 Å². The Morgan fingerprint density at radius 3 is 2.67 bits per heavy atom. The Hall–Kier alpha value is -1.33. The summed E-state index contributed by atoms with van der Waals surface area (Å²) in [5.74, 6) is 0. The number of nitrogens with zero attached hydrogens (tertiary/aromatic N) is 2. The molecular weight excluding hydrogens is 256 g/mol. The van der Waals surface area contributed by atoms with Crippen molar-refractivity contribution in [3.63, 3.8) is 0 Å². The van der Waals surface area contributed by atoms with Gasteiger partial charge in [-0.25, -0.2) is 0 Å². The van der Waals surface area contributed by atoms with Crippen LogP contribution < -0.4 is 4.90 Å². The highest BCUT2D eigenvalue weighted by molar-refractivity contribution is 6.30. The van der Waals surface area contributed by atoms with Gasteiger partial charge in [0.05, 0.1) is 4.92 Å². The normalized spacial score (nSPS) is 10.7. The summed E-state index contributed by atoms with van der Waals surface area (Å²) in [6.07, 6.45) is 0.567. The lowest BCUT2D eigenvalue weighted by molar-refractivity contribution is -0.384. The summed E-state index contributed by atoms with van der Waals surface area (Å²) in [7, 11) is 0. The molecule has 0 radical (unpaired) electrons. The molecule has 6 heteroatoms. The molecule has 1 aromatic rings. The van der Waals surface area contributed by atoms with Crippen LogP contribution in [0.15, 0.2) is 18.2 Å². The van der Waals surface area contributed by atoms with E-state index in [0.29, 0.717) is 23.7 Å². The van der Waals surface area contributed by atoms with Gasteiger partial charge in [0, 0.05) is 30.3 Å². The minimum absolute atomic E-state index is 0.00543. The zero-order valence-corrected chi connectivity index (χ0v) is 11.2. The third-order valence-electron chi connectivity index (χ3n) is 2.62. The average Bonchev–Trinajstić information content (AvgIpc) is 2.30. The Bertz CT molecular complexity index is 424. The molecule has 1 N–H and O–H groups in total. The quantitative estimate of drug-likeness (QED) is 0.639. The van der Waals surface area contributed by atoms with Crippen molar-refractivity contribution in [3.05, 3.63) is 33.3 Å². The topological polar surface area (TPSA) is 66.6 Å². The molecule has 0 saturated carbocycles. The standard InChI is InChI=1S/C12H17ClN2O3/c1-9(2)14(6-3-7-16)11-5-4-10(13)8-12(11)15(17)18/h4-5,8-9,16H,3,6-7H2,1-2H3. The summed E-state index contributed by atoms with van der Waals surface area (Å²) in [6, 6.07) is 4.75. The molecule has 5 nitrogen and oxygen atoms in total. The van der Waals surface area contributed by atoms with Crippen molar-refractivity contribution >= 4 is 23.0 Å². The zero-order valence-electron chi connectivity index (χ0n) is 10.5. The molecule has 18 heavy (non-hydrogen) atoms. The number of benzene rings is 1. The third kappa shape index (κ3) is 3.58. The summed E-state index contributed by atoms with van der Waals surface area (Å²) < 4.78 is 0. The van der Waals surface area contributed by atoms with E-state index >= 15 is 0 Å². The summed E-state index contributed by atoms with van der Waals surface area (Å²) in [5.41, 5.74) is 0.530. The second-order valence-corrected chi connectivity index (χ2v) is 4.69. The fourth-order valence-electron chi connectivity index (χ4n) is 1.78. The number of aliphatic hydroxyl groups excluding tert-OH is 1. The second kappa shape index (κ2) is 6.56. The lowest BCUT2D eigenvalue weighted by Crippen LogP contribution is -2.32. The van der Waals surface area contributed by atoms with Crippen molar-refractivity contribution in [1.82, 2.24) is 0 Å². The maximum absolute atomic E-state index is 11.0. The summed E-state index contributed by atoms with van der Waals surface area (Å²) in [6.45, 7) is 4.53. The summed E-state index contributed by atoms with van der Waals surface area (Å²) in [5, 5.41) is 20.3.